The van der Waals surface area contributed by atoms with Crippen molar-refractivity contribution in [2.75, 3.05) is 23.8 Å². The molecule has 1 unspecified atom stereocenters. The van der Waals surface area contributed by atoms with Crippen molar-refractivity contribution in [2.45, 2.75) is 42.1 Å². The Morgan fingerprint density at radius 2 is 2.16 bits per heavy atom. The highest BCUT2D eigenvalue weighted by Gasteiger charge is 2.54. The molecule has 1 fully saturated rings. The predicted octanol–water partition coefficient (Wildman–Crippen LogP) is 0.133. The highest BCUT2D eigenvalue weighted by atomic mass is 32.2. The number of anilines is 1. The van der Waals surface area contributed by atoms with Crippen LogP contribution in [0.25, 0.3) is 0 Å². The second kappa shape index (κ2) is 11.7. The summed E-state index contributed by atoms with van der Waals surface area (Å²) in [5.74, 6) is -1.82. The number of carboxylic acids is 1. The Morgan fingerprint density at radius 1 is 1.38 bits per heavy atom. The van der Waals surface area contributed by atoms with Crippen LogP contribution in [-0.2, 0) is 25.6 Å². The summed E-state index contributed by atoms with van der Waals surface area (Å²) in [6.45, 7) is 3.92. The fourth-order valence-corrected chi connectivity index (χ4v) is 7.18. The molecular formula is C19H23N9O5S4. The van der Waals surface area contributed by atoms with Gasteiger partial charge in [-0.15, -0.1) is 22.0 Å². The summed E-state index contributed by atoms with van der Waals surface area (Å²) in [5.41, 5.74) is 11.5. The number of nitrogens with one attached hydrogen (secondary N) is 1. The molecular weight excluding hydrogens is 563 g/mol. The molecule has 6 N–H and O–H groups in total. The molecule has 0 aliphatic carbocycles. The summed E-state index contributed by atoms with van der Waals surface area (Å²) < 4.78 is 4.69. The van der Waals surface area contributed by atoms with Crippen LogP contribution in [0.5, 0.6) is 0 Å². The zero-order valence-electron chi connectivity index (χ0n) is 19.6. The van der Waals surface area contributed by atoms with Gasteiger partial charge in [0.05, 0.1) is 0 Å². The summed E-state index contributed by atoms with van der Waals surface area (Å²) in [5, 5.41) is 24.9. The van der Waals surface area contributed by atoms with E-state index in [1.165, 1.54) is 39.8 Å². The van der Waals surface area contributed by atoms with E-state index >= 15 is 0 Å². The van der Waals surface area contributed by atoms with Gasteiger partial charge in [0, 0.05) is 29.5 Å². The topological polar surface area (TPSA) is 212 Å². The monoisotopic (exact) mass is 585 g/mol. The predicted molar refractivity (Wildman–Crippen MR) is 140 cm³/mol. The molecule has 0 spiro atoms. The maximum absolute atomic E-state index is 13.0. The zero-order valence-corrected chi connectivity index (χ0v) is 22.9. The van der Waals surface area contributed by atoms with E-state index < -0.39 is 29.2 Å². The number of carboxylic acid groups (broad SMARTS) is 1. The third-order valence-electron chi connectivity index (χ3n) is 4.94. The number of hydrogen-bond donors (Lipinski definition) is 4. The van der Waals surface area contributed by atoms with Gasteiger partial charge in [-0.05, 0) is 26.0 Å². The number of rotatable bonds is 11. The smallest absolute Gasteiger partial charge is 0.352 e. The molecule has 1 saturated heterocycles. The Hall–Kier alpha value is -2.80. The van der Waals surface area contributed by atoms with Crippen LogP contribution in [-0.4, -0.2) is 88.6 Å². The number of carbonyl (C=O) groups excluding carboxylic acids is 2. The van der Waals surface area contributed by atoms with Crippen molar-refractivity contribution in [1.29, 1.82) is 0 Å². The number of hydrogen-bond acceptors (Lipinski definition) is 15. The van der Waals surface area contributed by atoms with E-state index in [2.05, 4.69) is 30.0 Å². The minimum atomic E-state index is -1.21. The van der Waals surface area contributed by atoms with Gasteiger partial charge < -0.3 is 26.7 Å². The lowest BCUT2D eigenvalue weighted by Gasteiger charge is -2.49. The van der Waals surface area contributed by atoms with Crippen LogP contribution in [0, 0.1) is 0 Å². The number of nitrogens with two attached hydrogens (primary N) is 2. The third-order valence-corrected chi connectivity index (χ3v) is 9.02. The molecule has 0 bridgehead atoms. The molecule has 2 aliphatic rings. The number of nitrogens with zero attached hydrogens (tertiary/aromatic N) is 6. The Balaban J connectivity index is 1.47. The average molecular weight is 586 g/mol. The number of β-lactam (4-membered cyclic amide) rings is 1. The highest BCUT2D eigenvalue weighted by Crippen LogP contribution is 2.41. The number of aromatic nitrogens is 4. The standard InChI is InChI=1S/C19H23N9O5S4/c1-7(2)33-26-10(13-23-18(21)37-27-13)14(29)22-11-15(30)28-12(17(31)32)8(5-34-16(11)28)6-35-19-25-24-9(36-19)3-4-20/h7,11,16H,3-6,20H2,1-2H3,(H,22,29)(H,31,32)(H2,21,23,27)/t11?,16-/m1/s1. The molecule has 2 amide bonds. The minimum Gasteiger partial charge on any atom is -0.477 e. The first-order chi connectivity index (χ1) is 17.7. The Morgan fingerprint density at radius 3 is 2.81 bits per heavy atom. The van der Waals surface area contributed by atoms with Crippen molar-refractivity contribution in [3.63, 3.8) is 0 Å². The molecule has 0 radical (unpaired) electrons. The van der Waals surface area contributed by atoms with Crippen LogP contribution >= 0.6 is 46.4 Å². The minimum absolute atomic E-state index is 0.0303. The first kappa shape index (κ1) is 27.2. The first-order valence-corrected chi connectivity index (χ1v) is 14.5. The summed E-state index contributed by atoms with van der Waals surface area (Å²) in [4.78, 5) is 48.5. The van der Waals surface area contributed by atoms with Crippen molar-refractivity contribution >= 4 is 75.0 Å². The molecule has 18 heteroatoms. The van der Waals surface area contributed by atoms with Gasteiger partial charge in [0.2, 0.25) is 11.5 Å². The van der Waals surface area contributed by atoms with Crippen molar-refractivity contribution in [3.05, 3.63) is 22.1 Å². The third kappa shape index (κ3) is 6.03. The Labute approximate surface area is 227 Å². The molecule has 2 aliphatic heterocycles. The van der Waals surface area contributed by atoms with Gasteiger partial charge in [0.1, 0.15) is 28.2 Å². The number of fused-ring (bicyclic) bond motifs is 1. The summed E-state index contributed by atoms with van der Waals surface area (Å²) >= 11 is 5.01. The summed E-state index contributed by atoms with van der Waals surface area (Å²) in [7, 11) is 0. The fraction of sp³-hybridized carbons (Fsp3) is 0.474. The van der Waals surface area contributed by atoms with E-state index in [4.69, 9.17) is 16.3 Å². The van der Waals surface area contributed by atoms with Gasteiger partial charge in [-0.1, -0.05) is 28.3 Å². The Bertz CT molecular complexity index is 1260. The Kier molecular flexibility index (Phi) is 8.63. The molecule has 14 nitrogen and oxygen atoms in total. The van der Waals surface area contributed by atoms with Crippen LogP contribution in [0.4, 0.5) is 5.13 Å². The second-order valence-corrected chi connectivity index (χ2v) is 12.1. The fourth-order valence-electron chi connectivity index (χ4n) is 3.35. The SMILES string of the molecule is CC(C)ON=C(C(=O)NC1C(=O)N2C(C(=O)O)=C(CSc3nnc(CCN)s3)CS[C@H]12)c1nsc(N)n1. The van der Waals surface area contributed by atoms with Gasteiger partial charge >= 0.3 is 5.97 Å². The van der Waals surface area contributed by atoms with Gasteiger partial charge in [-0.3, -0.25) is 14.5 Å². The zero-order chi connectivity index (χ0) is 26.7. The second-order valence-electron chi connectivity index (χ2n) is 7.96. The van der Waals surface area contributed by atoms with Crippen LogP contribution in [0.3, 0.4) is 0 Å². The van der Waals surface area contributed by atoms with Crippen molar-refractivity contribution in [3.8, 4) is 0 Å². The molecule has 2 atom stereocenters. The highest BCUT2D eigenvalue weighted by molar-refractivity contribution is 8.01. The number of carbonyl (C=O) groups is 3. The van der Waals surface area contributed by atoms with Crippen LogP contribution in [0.2, 0.25) is 0 Å². The van der Waals surface area contributed by atoms with E-state index in [0.29, 0.717) is 34.4 Å². The number of amides is 2. The van der Waals surface area contributed by atoms with Gasteiger partial charge in [0.25, 0.3) is 11.8 Å². The van der Waals surface area contributed by atoms with E-state index in [9.17, 15) is 19.5 Å². The lowest BCUT2D eigenvalue weighted by Crippen LogP contribution is -2.71. The molecule has 0 saturated carbocycles. The quantitative estimate of drug-likeness (QED) is 0.120. The van der Waals surface area contributed by atoms with Crippen molar-refractivity contribution < 1.29 is 24.3 Å². The molecule has 0 aromatic carbocycles. The first-order valence-electron chi connectivity index (χ1n) is 10.9. The molecule has 4 rings (SSSR count). The maximum Gasteiger partial charge on any atom is 0.352 e. The number of oxime groups is 1. The van der Waals surface area contributed by atoms with Crippen molar-refractivity contribution in [2.24, 2.45) is 10.9 Å². The van der Waals surface area contributed by atoms with Crippen LogP contribution < -0.4 is 16.8 Å². The lowest BCUT2D eigenvalue weighted by atomic mass is 10.0. The number of thioether (sulfide) groups is 2. The molecule has 2 aromatic heterocycles. The number of nitrogen functional groups attached to an aromatic ring is 1. The van der Waals surface area contributed by atoms with Gasteiger partial charge in [-0.2, -0.15) is 9.36 Å². The van der Waals surface area contributed by atoms with E-state index in [0.717, 1.165) is 16.5 Å². The van der Waals surface area contributed by atoms with Crippen molar-refractivity contribution in [1.82, 2.24) is 29.8 Å². The average Bonchev–Trinajstić information content (AvgIpc) is 3.49. The molecule has 37 heavy (non-hydrogen) atoms. The molecule has 2 aromatic rings. The maximum atomic E-state index is 13.0. The van der Waals surface area contributed by atoms with E-state index in [1.54, 1.807) is 13.8 Å². The van der Waals surface area contributed by atoms with E-state index in [-0.39, 0.29) is 28.5 Å². The van der Waals surface area contributed by atoms with E-state index in [1.807, 2.05) is 0 Å². The normalized spacial score (nSPS) is 19.6. The molecule has 4 heterocycles. The van der Waals surface area contributed by atoms with Gasteiger partial charge in [-0.25, -0.2) is 4.79 Å². The lowest BCUT2D eigenvalue weighted by molar-refractivity contribution is -0.150. The summed E-state index contributed by atoms with van der Waals surface area (Å²) in [6.07, 6.45) is 0.302. The summed E-state index contributed by atoms with van der Waals surface area (Å²) in [6, 6.07) is -0.955. The number of aliphatic carboxylic acids is 1. The molecule has 198 valence electrons. The van der Waals surface area contributed by atoms with Gasteiger partial charge in [0.15, 0.2) is 9.47 Å². The van der Waals surface area contributed by atoms with Crippen LogP contribution in [0.1, 0.15) is 24.7 Å². The largest absolute Gasteiger partial charge is 0.477 e. The van der Waals surface area contributed by atoms with Crippen LogP contribution in [0.15, 0.2) is 20.8 Å².